The summed E-state index contributed by atoms with van der Waals surface area (Å²) in [6, 6.07) is 0. The maximum absolute atomic E-state index is 12.9. The Bertz CT molecular complexity index is 1550. The molecule has 0 saturated heterocycles. The first-order chi connectivity index (χ1) is 35.0. The zero-order valence-corrected chi connectivity index (χ0v) is 45.7. The average molecular weight is 982 g/mol. The molecule has 0 aliphatic heterocycles. The van der Waals surface area contributed by atoms with Gasteiger partial charge in [-0.25, -0.2) is 0 Å². The van der Waals surface area contributed by atoms with Crippen LogP contribution in [0.15, 0.2) is 134 Å². The van der Waals surface area contributed by atoms with Gasteiger partial charge in [-0.1, -0.05) is 244 Å². The van der Waals surface area contributed by atoms with Gasteiger partial charge in [0.1, 0.15) is 13.2 Å². The predicted molar refractivity (Wildman–Crippen MR) is 306 cm³/mol. The van der Waals surface area contributed by atoms with Crippen molar-refractivity contribution in [3.8, 4) is 0 Å². The van der Waals surface area contributed by atoms with E-state index in [2.05, 4.69) is 106 Å². The SMILES string of the molecule is CC\C=C/C=C\C=C/C=C\C=C/CCCCCC(=O)OCC(COC(=O)CCCCC/C=C\C/C=C\C/C=C\C/C=C\C/C=C\CC)OC(=O)CCCCCCCCC/C=C\CCCCCCCCCC. The molecule has 1 atom stereocenters. The first-order valence-electron chi connectivity index (χ1n) is 28.8. The highest BCUT2D eigenvalue weighted by atomic mass is 16.6. The van der Waals surface area contributed by atoms with Crippen LogP contribution >= 0.6 is 0 Å². The maximum Gasteiger partial charge on any atom is 0.306 e. The Balaban J connectivity index is 4.53. The lowest BCUT2D eigenvalue weighted by Gasteiger charge is -2.18. The predicted octanol–water partition coefficient (Wildman–Crippen LogP) is 19.4. The van der Waals surface area contributed by atoms with Crippen LogP contribution in [0.25, 0.3) is 0 Å². The van der Waals surface area contributed by atoms with Gasteiger partial charge in [0.2, 0.25) is 0 Å². The standard InChI is InChI=1S/C65H104O6/c1-4-7-10-13-16-19-22-25-28-30-32-34-37-40-43-46-49-52-55-58-64(67)70-61-62(60-69-63(66)57-54-51-48-45-42-39-36-27-24-21-18-15-12-9-6-3)71-65(68)59-56-53-50-47-44-41-38-35-33-31-29-26-23-20-17-14-11-8-5-2/h7,9-10,12,15-16,18-19,21,24-25,27-28,31-34,36,39-40,42-43,62H,4-6,8,11,13-14,17,20,22-23,26,29-30,35,37-38,41,44-61H2,1-3H3/b10-7-,12-9-,18-15-,19-16-,24-21-,28-25-,33-31-,34-32-,36-27-,42-39-,43-40-. The van der Waals surface area contributed by atoms with Gasteiger partial charge >= 0.3 is 17.9 Å². The normalized spacial score (nSPS) is 13.1. The summed E-state index contributed by atoms with van der Waals surface area (Å²) in [5.74, 6) is -0.994. The van der Waals surface area contributed by atoms with E-state index in [4.69, 9.17) is 14.2 Å². The van der Waals surface area contributed by atoms with Crippen molar-refractivity contribution in [2.45, 2.75) is 245 Å². The molecule has 400 valence electrons. The summed E-state index contributed by atoms with van der Waals surface area (Å²) in [7, 11) is 0. The molecule has 0 aromatic rings. The lowest BCUT2D eigenvalue weighted by molar-refractivity contribution is -0.167. The van der Waals surface area contributed by atoms with Crippen LogP contribution in [0.4, 0.5) is 0 Å². The molecule has 0 aromatic heterocycles. The van der Waals surface area contributed by atoms with Gasteiger partial charge < -0.3 is 14.2 Å². The van der Waals surface area contributed by atoms with E-state index in [-0.39, 0.29) is 31.1 Å². The number of allylic oxidation sites excluding steroid dienone is 22. The Kier molecular flexibility index (Phi) is 54.5. The van der Waals surface area contributed by atoms with Crippen molar-refractivity contribution >= 4 is 17.9 Å². The van der Waals surface area contributed by atoms with Crippen LogP contribution < -0.4 is 0 Å². The van der Waals surface area contributed by atoms with Gasteiger partial charge in [0.25, 0.3) is 0 Å². The highest BCUT2D eigenvalue weighted by Crippen LogP contribution is 2.14. The molecule has 0 aromatic carbocycles. The zero-order valence-electron chi connectivity index (χ0n) is 45.7. The van der Waals surface area contributed by atoms with E-state index in [1.54, 1.807) is 0 Å². The summed E-state index contributed by atoms with van der Waals surface area (Å²) in [5, 5.41) is 0. The Morgan fingerprint density at radius 2 is 0.620 bits per heavy atom. The summed E-state index contributed by atoms with van der Waals surface area (Å²) in [4.78, 5) is 38.2. The van der Waals surface area contributed by atoms with Crippen LogP contribution in [0.2, 0.25) is 0 Å². The third-order valence-electron chi connectivity index (χ3n) is 11.7. The summed E-state index contributed by atoms with van der Waals surface area (Å²) < 4.78 is 16.8. The Hall–Kier alpha value is -4.45. The molecule has 6 heteroatoms. The Morgan fingerprint density at radius 3 is 1.06 bits per heavy atom. The molecule has 0 spiro atoms. The van der Waals surface area contributed by atoms with Crippen molar-refractivity contribution in [2.24, 2.45) is 0 Å². The fourth-order valence-electron chi connectivity index (χ4n) is 7.48. The number of carbonyl (C=O) groups excluding carboxylic acids is 3. The van der Waals surface area contributed by atoms with Gasteiger partial charge in [0.05, 0.1) is 0 Å². The van der Waals surface area contributed by atoms with Gasteiger partial charge in [-0.05, 0) is 109 Å². The van der Waals surface area contributed by atoms with E-state index in [0.29, 0.717) is 19.3 Å². The highest BCUT2D eigenvalue weighted by Gasteiger charge is 2.19. The van der Waals surface area contributed by atoms with Crippen molar-refractivity contribution in [3.63, 3.8) is 0 Å². The number of unbranched alkanes of at least 4 members (excludes halogenated alkanes) is 21. The first-order valence-corrected chi connectivity index (χ1v) is 28.8. The van der Waals surface area contributed by atoms with E-state index in [9.17, 15) is 14.4 Å². The molecule has 0 rings (SSSR count). The zero-order chi connectivity index (χ0) is 51.4. The van der Waals surface area contributed by atoms with Crippen molar-refractivity contribution in [1.29, 1.82) is 0 Å². The molecule has 0 aliphatic carbocycles. The Labute approximate surface area is 436 Å². The monoisotopic (exact) mass is 981 g/mol. The van der Waals surface area contributed by atoms with Gasteiger partial charge in [-0.2, -0.15) is 0 Å². The quantitative estimate of drug-likeness (QED) is 0.0199. The minimum atomic E-state index is -0.818. The van der Waals surface area contributed by atoms with Crippen molar-refractivity contribution in [3.05, 3.63) is 134 Å². The fourth-order valence-corrected chi connectivity index (χ4v) is 7.48. The molecule has 0 N–H and O–H groups in total. The number of ether oxygens (including phenoxy) is 3. The molecular formula is C65H104O6. The van der Waals surface area contributed by atoms with Gasteiger partial charge in [0, 0.05) is 19.3 Å². The molecular weight excluding hydrogens is 877 g/mol. The van der Waals surface area contributed by atoms with Crippen LogP contribution in [0, 0.1) is 0 Å². The van der Waals surface area contributed by atoms with E-state index in [1.807, 2.05) is 48.6 Å². The molecule has 0 saturated carbocycles. The first kappa shape index (κ1) is 66.6. The molecule has 0 aliphatic rings. The van der Waals surface area contributed by atoms with Crippen molar-refractivity contribution < 1.29 is 28.6 Å². The van der Waals surface area contributed by atoms with Gasteiger partial charge in [0.15, 0.2) is 6.10 Å². The molecule has 0 heterocycles. The highest BCUT2D eigenvalue weighted by molar-refractivity contribution is 5.71. The lowest BCUT2D eigenvalue weighted by atomic mass is 10.1. The van der Waals surface area contributed by atoms with Crippen molar-refractivity contribution in [2.75, 3.05) is 13.2 Å². The number of hydrogen-bond acceptors (Lipinski definition) is 6. The molecule has 0 radical (unpaired) electrons. The molecule has 0 bridgehead atoms. The second-order valence-corrected chi connectivity index (χ2v) is 18.6. The van der Waals surface area contributed by atoms with Crippen LogP contribution in [-0.2, 0) is 28.6 Å². The summed E-state index contributed by atoms with van der Waals surface area (Å²) in [5.41, 5.74) is 0. The summed E-state index contributed by atoms with van der Waals surface area (Å²) >= 11 is 0. The lowest BCUT2D eigenvalue weighted by Crippen LogP contribution is -2.30. The molecule has 1 unspecified atom stereocenters. The van der Waals surface area contributed by atoms with E-state index < -0.39 is 6.10 Å². The number of rotatable bonds is 50. The van der Waals surface area contributed by atoms with Crippen LogP contribution in [0.5, 0.6) is 0 Å². The maximum atomic E-state index is 12.9. The van der Waals surface area contributed by atoms with Crippen LogP contribution in [-0.4, -0.2) is 37.2 Å². The minimum absolute atomic E-state index is 0.115. The van der Waals surface area contributed by atoms with E-state index in [1.165, 1.54) is 89.9 Å². The summed E-state index contributed by atoms with van der Waals surface area (Å²) in [6.45, 7) is 6.31. The number of hydrogen-bond donors (Lipinski definition) is 0. The van der Waals surface area contributed by atoms with Gasteiger partial charge in [-0.3, -0.25) is 14.4 Å². The number of carbonyl (C=O) groups is 3. The second kappa shape index (κ2) is 58.1. The van der Waals surface area contributed by atoms with Crippen LogP contribution in [0.3, 0.4) is 0 Å². The summed E-state index contributed by atoms with van der Waals surface area (Å²) in [6.07, 6.45) is 81.5. The second-order valence-electron chi connectivity index (χ2n) is 18.6. The molecule has 71 heavy (non-hydrogen) atoms. The molecule has 6 nitrogen and oxygen atoms in total. The fraction of sp³-hybridized carbons (Fsp3) is 0.615. The van der Waals surface area contributed by atoms with E-state index >= 15 is 0 Å². The largest absolute Gasteiger partial charge is 0.462 e. The topological polar surface area (TPSA) is 78.9 Å². The van der Waals surface area contributed by atoms with Crippen LogP contribution in [0.1, 0.15) is 239 Å². The molecule has 0 amide bonds. The third kappa shape index (κ3) is 56.3. The van der Waals surface area contributed by atoms with Crippen molar-refractivity contribution in [1.82, 2.24) is 0 Å². The molecule has 0 fully saturated rings. The van der Waals surface area contributed by atoms with Gasteiger partial charge in [-0.15, -0.1) is 0 Å². The smallest absolute Gasteiger partial charge is 0.306 e. The van der Waals surface area contributed by atoms with E-state index in [0.717, 1.165) is 109 Å². The number of esters is 3. The average Bonchev–Trinajstić information content (AvgIpc) is 3.37. The Morgan fingerprint density at radius 1 is 0.310 bits per heavy atom. The minimum Gasteiger partial charge on any atom is -0.462 e. The third-order valence-corrected chi connectivity index (χ3v) is 11.7.